The van der Waals surface area contributed by atoms with Crippen LogP contribution in [-0.4, -0.2) is 41.6 Å². The average molecular weight is 266 g/mol. The van der Waals surface area contributed by atoms with E-state index < -0.39 is 12.0 Å². The molecule has 0 spiro atoms. The number of urea groups is 1. The van der Waals surface area contributed by atoms with E-state index in [2.05, 4.69) is 20.9 Å². The molecule has 0 saturated heterocycles. The van der Waals surface area contributed by atoms with Crippen LogP contribution in [0.4, 0.5) is 10.5 Å². The maximum absolute atomic E-state index is 11.4. The van der Waals surface area contributed by atoms with Crippen molar-refractivity contribution in [3.63, 3.8) is 0 Å². The molecule has 0 aliphatic rings. The summed E-state index contributed by atoms with van der Waals surface area (Å²) in [5, 5.41) is 16.0. The average Bonchev–Trinajstić information content (AvgIpc) is 2.39. The van der Waals surface area contributed by atoms with E-state index in [0.29, 0.717) is 5.69 Å². The van der Waals surface area contributed by atoms with E-state index >= 15 is 0 Å². The molecule has 1 rings (SSSR count). The fraction of sp³-hybridized carbons (Fsp3) is 0.273. The van der Waals surface area contributed by atoms with Crippen LogP contribution in [0.2, 0.25) is 0 Å². The Kier molecular flexibility index (Phi) is 5.27. The Hall–Kier alpha value is -2.64. The van der Waals surface area contributed by atoms with Gasteiger partial charge in [-0.25, -0.2) is 14.6 Å². The van der Waals surface area contributed by atoms with Gasteiger partial charge in [0.05, 0.1) is 11.9 Å². The highest BCUT2D eigenvalue weighted by Crippen LogP contribution is 2.05. The molecule has 0 atom stereocenters. The molecular formula is C11H14N4O4. The number of nitrogens with one attached hydrogen (secondary N) is 3. The summed E-state index contributed by atoms with van der Waals surface area (Å²) >= 11 is 0. The number of hydrogen-bond donors (Lipinski definition) is 4. The van der Waals surface area contributed by atoms with E-state index in [1.807, 2.05) is 0 Å². The minimum Gasteiger partial charge on any atom is -0.477 e. The van der Waals surface area contributed by atoms with Gasteiger partial charge in [-0.1, -0.05) is 0 Å². The Morgan fingerprint density at radius 3 is 2.58 bits per heavy atom. The van der Waals surface area contributed by atoms with Gasteiger partial charge < -0.3 is 21.1 Å². The van der Waals surface area contributed by atoms with E-state index in [1.165, 1.54) is 25.4 Å². The highest BCUT2D eigenvalue weighted by molar-refractivity contribution is 5.90. The summed E-state index contributed by atoms with van der Waals surface area (Å²) in [4.78, 5) is 36.5. The van der Waals surface area contributed by atoms with Crippen molar-refractivity contribution in [2.24, 2.45) is 0 Å². The van der Waals surface area contributed by atoms with Gasteiger partial charge >= 0.3 is 12.0 Å². The molecule has 0 aliphatic heterocycles. The molecule has 0 aliphatic carbocycles. The zero-order valence-corrected chi connectivity index (χ0v) is 10.3. The fourth-order valence-corrected chi connectivity index (χ4v) is 1.18. The molecule has 0 bridgehead atoms. The molecule has 1 aromatic heterocycles. The number of carboxylic acids is 1. The van der Waals surface area contributed by atoms with Crippen LogP contribution in [0.3, 0.4) is 0 Å². The topological polar surface area (TPSA) is 120 Å². The minimum atomic E-state index is -1.14. The van der Waals surface area contributed by atoms with Crippen molar-refractivity contribution in [2.45, 2.75) is 6.42 Å². The lowest BCUT2D eigenvalue weighted by atomic mass is 10.3. The van der Waals surface area contributed by atoms with Crippen LogP contribution in [0.25, 0.3) is 0 Å². The molecule has 0 fully saturated rings. The van der Waals surface area contributed by atoms with Crippen LogP contribution < -0.4 is 16.0 Å². The van der Waals surface area contributed by atoms with Crippen molar-refractivity contribution in [1.29, 1.82) is 0 Å². The number of anilines is 1. The molecule has 3 amide bonds. The number of hydrogen-bond acceptors (Lipinski definition) is 4. The van der Waals surface area contributed by atoms with Gasteiger partial charge in [0.1, 0.15) is 5.69 Å². The first kappa shape index (κ1) is 14.4. The van der Waals surface area contributed by atoms with Crippen molar-refractivity contribution < 1.29 is 19.5 Å². The number of amides is 3. The smallest absolute Gasteiger partial charge is 0.354 e. The monoisotopic (exact) mass is 266 g/mol. The normalized spacial score (nSPS) is 9.53. The fourth-order valence-electron chi connectivity index (χ4n) is 1.18. The zero-order valence-electron chi connectivity index (χ0n) is 10.3. The van der Waals surface area contributed by atoms with E-state index in [1.54, 1.807) is 0 Å². The molecule has 0 aromatic carbocycles. The second kappa shape index (κ2) is 6.94. The number of aromatic nitrogens is 1. The molecule has 8 nitrogen and oxygen atoms in total. The molecule has 0 radical (unpaired) electrons. The van der Waals surface area contributed by atoms with Gasteiger partial charge in [0.25, 0.3) is 0 Å². The number of carbonyl (C=O) groups is 3. The van der Waals surface area contributed by atoms with E-state index in [9.17, 15) is 14.4 Å². The largest absolute Gasteiger partial charge is 0.477 e. The summed E-state index contributed by atoms with van der Waals surface area (Å²) in [5.74, 6) is -1.31. The molecule has 19 heavy (non-hydrogen) atoms. The third kappa shape index (κ3) is 5.02. The molecule has 0 unspecified atom stereocenters. The number of carbonyl (C=O) groups excluding carboxylic acids is 2. The van der Waals surface area contributed by atoms with Crippen molar-refractivity contribution in [3.05, 3.63) is 24.0 Å². The van der Waals surface area contributed by atoms with Crippen LogP contribution in [0.1, 0.15) is 16.9 Å². The number of nitrogens with zero attached hydrogens (tertiary/aromatic N) is 1. The van der Waals surface area contributed by atoms with Crippen molar-refractivity contribution in [2.75, 3.05) is 18.9 Å². The van der Waals surface area contributed by atoms with Crippen molar-refractivity contribution in [1.82, 2.24) is 15.6 Å². The molecule has 8 heteroatoms. The molecule has 1 aromatic rings. The van der Waals surface area contributed by atoms with Crippen LogP contribution in [-0.2, 0) is 4.79 Å². The summed E-state index contributed by atoms with van der Waals surface area (Å²) in [6.45, 7) is 0.201. The summed E-state index contributed by atoms with van der Waals surface area (Å²) in [7, 11) is 1.51. The molecule has 4 N–H and O–H groups in total. The van der Waals surface area contributed by atoms with Crippen LogP contribution in [0, 0.1) is 0 Å². The maximum Gasteiger partial charge on any atom is 0.354 e. The predicted octanol–water partition coefficient (Wildman–Crippen LogP) is 0.0374. The van der Waals surface area contributed by atoms with Gasteiger partial charge in [0.2, 0.25) is 5.91 Å². The first-order valence-corrected chi connectivity index (χ1v) is 5.47. The third-order valence-electron chi connectivity index (χ3n) is 2.16. The SMILES string of the molecule is CNC(=O)CCNC(=O)Nc1ccc(C(=O)O)nc1. The summed E-state index contributed by atoms with van der Waals surface area (Å²) in [6, 6.07) is 2.21. The van der Waals surface area contributed by atoms with E-state index in [-0.39, 0.29) is 24.6 Å². The van der Waals surface area contributed by atoms with Gasteiger partial charge in [0, 0.05) is 20.0 Å². The Morgan fingerprint density at radius 2 is 2.05 bits per heavy atom. The van der Waals surface area contributed by atoms with Crippen molar-refractivity contribution in [3.8, 4) is 0 Å². The Morgan fingerprint density at radius 1 is 1.32 bits per heavy atom. The third-order valence-corrected chi connectivity index (χ3v) is 2.16. The predicted molar refractivity (Wildman–Crippen MR) is 66.9 cm³/mol. The van der Waals surface area contributed by atoms with Crippen LogP contribution in [0.15, 0.2) is 18.3 Å². The van der Waals surface area contributed by atoms with Gasteiger partial charge in [-0.2, -0.15) is 0 Å². The number of pyridine rings is 1. The van der Waals surface area contributed by atoms with Gasteiger partial charge in [0.15, 0.2) is 0 Å². The number of aromatic carboxylic acids is 1. The maximum atomic E-state index is 11.4. The van der Waals surface area contributed by atoms with Gasteiger partial charge in [-0.05, 0) is 12.1 Å². The highest BCUT2D eigenvalue weighted by atomic mass is 16.4. The van der Waals surface area contributed by atoms with E-state index in [4.69, 9.17) is 5.11 Å². The lowest BCUT2D eigenvalue weighted by Crippen LogP contribution is -2.32. The molecular weight excluding hydrogens is 252 g/mol. The van der Waals surface area contributed by atoms with Crippen LogP contribution >= 0.6 is 0 Å². The number of carboxylic acid groups (broad SMARTS) is 1. The lowest BCUT2D eigenvalue weighted by Gasteiger charge is -2.07. The summed E-state index contributed by atoms with van der Waals surface area (Å²) < 4.78 is 0. The first-order chi connectivity index (χ1) is 9.02. The van der Waals surface area contributed by atoms with Gasteiger partial charge in [-0.15, -0.1) is 0 Å². The zero-order chi connectivity index (χ0) is 14.3. The molecule has 102 valence electrons. The quantitative estimate of drug-likeness (QED) is 0.599. The standard InChI is InChI=1S/C11H14N4O4/c1-12-9(16)4-5-13-11(19)15-7-2-3-8(10(17)18)14-6-7/h2-3,6H,4-5H2,1H3,(H,12,16)(H,17,18)(H2,13,15,19). The van der Waals surface area contributed by atoms with Gasteiger partial charge in [-0.3, -0.25) is 4.79 Å². The minimum absolute atomic E-state index is 0.106. The summed E-state index contributed by atoms with van der Waals surface area (Å²) in [6.07, 6.45) is 1.42. The van der Waals surface area contributed by atoms with Crippen LogP contribution in [0.5, 0.6) is 0 Å². The summed E-state index contributed by atoms with van der Waals surface area (Å²) in [5.41, 5.74) is 0.257. The van der Waals surface area contributed by atoms with Crippen molar-refractivity contribution >= 4 is 23.6 Å². The second-order valence-corrected chi connectivity index (χ2v) is 3.54. The number of rotatable bonds is 5. The highest BCUT2D eigenvalue weighted by Gasteiger charge is 2.06. The van der Waals surface area contributed by atoms with E-state index in [0.717, 1.165) is 0 Å². The Bertz CT molecular complexity index is 472. The molecule has 0 saturated carbocycles. The Labute approximate surface area is 109 Å². The lowest BCUT2D eigenvalue weighted by molar-refractivity contribution is -0.120. The second-order valence-electron chi connectivity index (χ2n) is 3.54. The molecule has 1 heterocycles. The first-order valence-electron chi connectivity index (χ1n) is 5.47. The Balaban J connectivity index is 2.40.